The number of nitriles is 1. The van der Waals surface area contributed by atoms with Gasteiger partial charge in [-0.3, -0.25) is 14.5 Å². The number of carbonyl (C=O) groups is 3. The van der Waals surface area contributed by atoms with Crippen LogP contribution in [0.25, 0.3) is 0 Å². The average molecular weight is 415 g/mol. The zero-order valence-corrected chi connectivity index (χ0v) is 16.1. The standard InChI is InChI=1S/C20H16ClFN4O3/c1-2-20(13-4-6-14(22)7-5-13)18(28)26(19(29)25-20)11-17(27)24-15-8-3-12(10-23)16(21)9-15/h3-9H,2,11H2,1H3,(H,24,27)(H,25,29). The van der Waals surface area contributed by atoms with Crippen LogP contribution in [-0.2, 0) is 15.1 Å². The monoisotopic (exact) mass is 414 g/mol. The maximum Gasteiger partial charge on any atom is 0.325 e. The van der Waals surface area contributed by atoms with Crippen molar-refractivity contribution in [2.75, 3.05) is 11.9 Å². The molecule has 148 valence electrons. The highest BCUT2D eigenvalue weighted by Crippen LogP contribution is 2.32. The molecule has 2 aromatic carbocycles. The second kappa shape index (κ2) is 7.89. The Balaban J connectivity index is 1.77. The van der Waals surface area contributed by atoms with Crippen molar-refractivity contribution in [1.82, 2.24) is 10.2 Å². The van der Waals surface area contributed by atoms with Crippen LogP contribution in [-0.4, -0.2) is 29.3 Å². The lowest BCUT2D eigenvalue weighted by Crippen LogP contribution is -2.44. The third-order valence-corrected chi connectivity index (χ3v) is 5.03. The fraction of sp³-hybridized carbons (Fsp3) is 0.200. The number of amides is 4. The summed E-state index contributed by atoms with van der Waals surface area (Å²) < 4.78 is 13.2. The second-order valence-corrected chi connectivity index (χ2v) is 6.85. The van der Waals surface area contributed by atoms with E-state index >= 15 is 0 Å². The third-order valence-electron chi connectivity index (χ3n) is 4.72. The molecule has 1 atom stereocenters. The van der Waals surface area contributed by atoms with Gasteiger partial charge < -0.3 is 10.6 Å². The van der Waals surface area contributed by atoms with E-state index in [0.29, 0.717) is 11.3 Å². The van der Waals surface area contributed by atoms with E-state index in [2.05, 4.69) is 10.6 Å². The van der Waals surface area contributed by atoms with E-state index in [9.17, 15) is 18.8 Å². The molecular formula is C20H16ClFN4O3. The van der Waals surface area contributed by atoms with E-state index in [1.807, 2.05) is 6.07 Å². The summed E-state index contributed by atoms with van der Waals surface area (Å²) >= 11 is 5.94. The minimum absolute atomic E-state index is 0.168. The van der Waals surface area contributed by atoms with Crippen molar-refractivity contribution >= 4 is 35.1 Å². The maximum atomic E-state index is 13.2. The van der Waals surface area contributed by atoms with Gasteiger partial charge in [0, 0.05) is 5.69 Å². The molecule has 4 amide bonds. The normalized spacial score (nSPS) is 18.3. The lowest BCUT2D eigenvalue weighted by molar-refractivity contribution is -0.134. The molecule has 9 heteroatoms. The summed E-state index contributed by atoms with van der Waals surface area (Å²) in [5.41, 5.74) is -0.346. The highest BCUT2D eigenvalue weighted by Gasteiger charge is 2.51. The van der Waals surface area contributed by atoms with Gasteiger partial charge in [-0.05, 0) is 42.3 Å². The lowest BCUT2D eigenvalue weighted by atomic mass is 9.87. The van der Waals surface area contributed by atoms with Crippen LogP contribution in [0, 0.1) is 17.1 Å². The highest BCUT2D eigenvalue weighted by molar-refractivity contribution is 6.32. The molecule has 3 rings (SSSR count). The molecule has 7 nitrogen and oxygen atoms in total. The average Bonchev–Trinajstić information content (AvgIpc) is 2.94. The summed E-state index contributed by atoms with van der Waals surface area (Å²) in [6.45, 7) is 1.20. The number of hydrogen-bond donors (Lipinski definition) is 2. The number of halogens is 2. The molecule has 1 saturated heterocycles. The van der Waals surface area contributed by atoms with E-state index in [-0.39, 0.29) is 17.0 Å². The topological polar surface area (TPSA) is 102 Å². The molecule has 2 aromatic rings. The first-order chi connectivity index (χ1) is 13.8. The number of nitrogens with zero attached hydrogens (tertiary/aromatic N) is 2. The number of urea groups is 1. The van der Waals surface area contributed by atoms with Crippen LogP contribution in [0.15, 0.2) is 42.5 Å². The van der Waals surface area contributed by atoms with Gasteiger partial charge in [0.15, 0.2) is 0 Å². The molecule has 2 N–H and O–H groups in total. The van der Waals surface area contributed by atoms with Gasteiger partial charge in [-0.1, -0.05) is 30.7 Å². The lowest BCUT2D eigenvalue weighted by Gasteiger charge is -2.25. The zero-order valence-electron chi connectivity index (χ0n) is 15.3. The number of anilines is 1. The van der Waals surface area contributed by atoms with Crippen molar-refractivity contribution in [3.05, 3.63) is 64.4 Å². The Bertz CT molecular complexity index is 1040. The van der Waals surface area contributed by atoms with E-state index in [0.717, 1.165) is 4.90 Å². The van der Waals surface area contributed by atoms with Gasteiger partial charge in [0.05, 0.1) is 10.6 Å². The van der Waals surface area contributed by atoms with Crippen molar-refractivity contribution < 1.29 is 18.8 Å². The number of hydrogen-bond acceptors (Lipinski definition) is 4. The smallest absolute Gasteiger partial charge is 0.324 e. The van der Waals surface area contributed by atoms with Crippen LogP contribution in [0.4, 0.5) is 14.9 Å². The Morgan fingerprint density at radius 3 is 2.55 bits per heavy atom. The molecule has 29 heavy (non-hydrogen) atoms. The number of carbonyl (C=O) groups excluding carboxylic acids is 3. The molecule has 1 heterocycles. The van der Waals surface area contributed by atoms with Crippen LogP contribution in [0.5, 0.6) is 0 Å². The van der Waals surface area contributed by atoms with Gasteiger partial charge in [0.2, 0.25) is 5.91 Å². The SMILES string of the molecule is CCC1(c2ccc(F)cc2)NC(=O)N(CC(=O)Nc2ccc(C#N)c(Cl)c2)C1=O. The van der Waals surface area contributed by atoms with Crippen molar-refractivity contribution in [2.45, 2.75) is 18.9 Å². The molecule has 1 unspecified atom stereocenters. The summed E-state index contributed by atoms with van der Waals surface area (Å²) in [4.78, 5) is 38.6. The Labute approximate surface area is 171 Å². The zero-order chi connectivity index (χ0) is 21.2. The highest BCUT2D eigenvalue weighted by atomic mass is 35.5. The van der Waals surface area contributed by atoms with Gasteiger partial charge >= 0.3 is 6.03 Å². The molecule has 0 bridgehead atoms. The molecule has 0 radical (unpaired) electrons. The molecule has 0 saturated carbocycles. The van der Waals surface area contributed by atoms with Crippen molar-refractivity contribution in [1.29, 1.82) is 5.26 Å². The van der Waals surface area contributed by atoms with Gasteiger partial charge in [-0.15, -0.1) is 0 Å². The van der Waals surface area contributed by atoms with Gasteiger partial charge in [-0.25, -0.2) is 9.18 Å². The largest absolute Gasteiger partial charge is 0.325 e. The quantitative estimate of drug-likeness (QED) is 0.733. The Morgan fingerprint density at radius 2 is 1.97 bits per heavy atom. The molecule has 0 spiro atoms. The van der Waals surface area contributed by atoms with Crippen molar-refractivity contribution in [2.24, 2.45) is 0 Å². The molecule has 1 aliphatic rings. The predicted octanol–water partition coefficient (Wildman–Crippen LogP) is 3.15. The van der Waals surface area contributed by atoms with Gasteiger partial charge in [0.25, 0.3) is 5.91 Å². The van der Waals surface area contributed by atoms with Crippen LogP contribution in [0.1, 0.15) is 24.5 Å². The van der Waals surface area contributed by atoms with Crippen LogP contribution < -0.4 is 10.6 Å². The summed E-state index contributed by atoms with van der Waals surface area (Å²) in [7, 11) is 0. The number of benzene rings is 2. The number of rotatable bonds is 5. The molecule has 1 fully saturated rings. The van der Waals surface area contributed by atoms with Crippen LogP contribution >= 0.6 is 11.6 Å². The minimum Gasteiger partial charge on any atom is -0.324 e. The fourth-order valence-electron chi connectivity index (χ4n) is 3.17. The first-order valence-corrected chi connectivity index (χ1v) is 9.08. The Hall–Kier alpha value is -3.44. The fourth-order valence-corrected chi connectivity index (χ4v) is 3.39. The number of imide groups is 1. The predicted molar refractivity (Wildman–Crippen MR) is 103 cm³/mol. The Morgan fingerprint density at radius 1 is 1.28 bits per heavy atom. The summed E-state index contributed by atoms with van der Waals surface area (Å²) in [6, 6.07) is 10.8. The molecular weight excluding hydrogens is 399 g/mol. The molecule has 0 aliphatic carbocycles. The Kier molecular flexibility index (Phi) is 5.52. The summed E-state index contributed by atoms with van der Waals surface area (Å²) in [5, 5.41) is 14.2. The van der Waals surface area contributed by atoms with E-state index in [4.69, 9.17) is 16.9 Å². The molecule has 0 aromatic heterocycles. The maximum absolute atomic E-state index is 13.2. The minimum atomic E-state index is -1.36. The van der Waals surface area contributed by atoms with Gasteiger partial charge in [0.1, 0.15) is 24.0 Å². The molecule has 1 aliphatic heterocycles. The summed E-state index contributed by atoms with van der Waals surface area (Å²) in [5.74, 6) is -1.67. The second-order valence-electron chi connectivity index (χ2n) is 6.44. The van der Waals surface area contributed by atoms with Gasteiger partial charge in [-0.2, -0.15) is 5.26 Å². The van der Waals surface area contributed by atoms with Crippen molar-refractivity contribution in [3.8, 4) is 6.07 Å². The van der Waals surface area contributed by atoms with Crippen LogP contribution in [0.3, 0.4) is 0 Å². The van der Waals surface area contributed by atoms with Crippen LogP contribution in [0.2, 0.25) is 5.02 Å². The van der Waals surface area contributed by atoms with Crippen molar-refractivity contribution in [3.63, 3.8) is 0 Å². The first-order valence-electron chi connectivity index (χ1n) is 8.70. The summed E-state index contributed by atoms with van der Waals surface area (Å²) in [6.07, 6.45) is 0.229. The van der Waals surface area contributed by atoms with E-state index in [1.54, 1.807) is 6.92 Å². The first kappa shape index (κ1) is 20.3. The van der Waals surface area contributed by atoms with E-state index < -0.39 is 35.7 Å². The van der Waals surface area contributed by atoms with E-state index in [1.165, 1.54) is 42.5 Å². The number of nitrogens with one attached hydrogen (secondary N) is 2. The third kappa shape index (κ3) is 3.77.